The molecule has 2 N–H and O–H groups in total. The molecule has 2 amide bonds. The number of benzene rings is 1. The summed E-state index contributed by atoms with van der Waals surface area (Å²) in [7, 11) is 0. The zero-order chi connectivity index (χ0) is 17.5. The molecule has 1 saturated heterocycles. The van der Waals surface area contributed by atoms with E-state index >= 15 is 0 Å². The lowest BCUT2D eigenvalue weighted by molar-refractivity contribution is -0.122. The van der Waals surface area contributed by atoms with Gasteiger partial charge < -0.3 is 10.6 Å². The van der Waals surface area contributed by atoms with Crippen molar-refractivity contribution in [2.45, 2.75) is 38.4 Å². The van der Waals surface area contributed by atoms with Gasteiger partial charge in [0.25, 0.3) is 0 Å². The maximum Gasteiger partial charge on any atom is 0.240 e. The Kier molecular flexibility index (Phi) is 6.54. The minimum Gasteiger partial charge on any atom is -0.326 e. The number of amides is 2. The van der Waals surface area contributed by atoms with Gasteiger partial charge in [0.2, 0.25) is 11.8 Å². The maximum absolute atomic E-state index is 12.1. The number of anilines is 1. The van der Waals surface area contributed by atoms with E-state index in [0.29, 0.717) is 23.0 Å². The van der Waals surface area contributed by atoms with Crippen molar-refractivity contribution >= 4 is 40.2 Å². The minimum absolute atomic E-state index is 0.0631. The fraction of sp³-hybridized carbons (Fsp3) is 0.412. The molecule has 0 saturated carbocycles. The summed E-state index contributed by atoms with van der Waals surface area (Å²) in [6.45, 7) is 4.23. The highest BCUT2D eigenvalue weighted by Crippen LogP contribution is 2.23. The van der Waals surface area contributed by atoms with Crippen LogP contribution in [0.3, 0.4) is 0 Å². The number of nitrogens with zero attached hydrogens (tertiary/aromatic N) is 1. The molecule has 2 rings (SSSR count). The van der Waals surface area contributed by atoms with Gasteiger partial charge in [0.05, 0.1) is 0 Å². The second-order valence-electron chi connectivity index (χ2n) is 5.53. The highest BCUT2D eigenvalue weighted by atomic mass is 32.2. The van der Waals surface area contributed by atoms with Crippen molar-refractivity contribution < 1.29 is 14.4 Å². The number of rotatable bonds is 7. The van der Waals surface area contributed by atoms with Gasteiger partial charge >= 0.3 is 0 Å². The van der Waals surface area contributed by atoms with E-state index in [1.807, 2.05) is 0 Å². The van der Waals surface area contributed by atoms with Crippen LogP contribution in [0.1, 0.15) is 43.5 Å². The lowest BCUT2D eigenvalue weighted by Crippen LogP contribution is -2.28. The van der Waals surface area contributed by atoms with Crippen LogP contribution in [0, 0.1) is 0 Å². The number of carbonyl (C=O) groups is 3. The molecule has 1 aromatic carbocycles. The Balaban J connectivity index is 1.90. The molecule has 0 bridgehead atoms. The van der Waals surface area contributed by atoms with Crippen LogP contribution in [0.5, 0.6) is 0 Å². The molecule has 24 heavy (non-hydrogen) atoms. The first-order chi connectivity index (χ1) is 11.5. The Morgan fingerprint density at radius 2 is 2.17 bits per heavy atom. The number of thioether (sulfide) groups is 1. The van der Waals surface area contributed by atoms with Gasteiger partial charge in [-0.2, -0.15) is 0 Å². The van der Waals surface area contributed by atoms with Crippen LogP contribution in [-0.2, 0) is 9.59 Å². The Hall–Kier alpha value is -2.15. The van der Waals surface area contributed by atoms with Crippen LogP contribution in [0.25, 0.3) is 0 Å². The number of hydrogen-bond donors (Lipinski definition) is 2. The van der Waals surface area contributed by atoms with Crippen LogP contribution in [0.15, 0.2) is 29.3 Å². The molecule has 0 radical (unpaired) electrons. The van der Waals surface area contributed by atoms with Crippen molar-refractivity contribution in [2.24, 2.45) is 4.99 Å². The monoisotopic (exact) mass is 347 g/mol. The third kappa shape index (κ3) is 5.19. The lowest BCUT2D eigenvalue weighted by atomic mass is 10.1. The fourth-order valence-electron chi connectivity index (χ4n) is 2.15. The maximum atomic E-state index is 12.1. The van der Waals surface area contributed by atoms with Crippen LogP contribution in [0.4, 0.5) is 5.69 Å². The third-order valence-corrected chi connectivity index (χ3v) is 4.59. The summed E-state index contributed by atoms with van der Waals surface area (Å²) in [6.07, 6.45) is 2.08. The van der Waals surface area contributed by atoms with Gasteiger partial charge in [-0.25, -0.2) is 0 Å². The molecular weight excluding hydrogens is 326 g/mol. The van der Waals surface area contributed by atoms with Crippen molar-refractivity contribution in [1.82, 2.24) is 5.32 Å². The molecule has 1 unspecified atom stereocenters. The van der Waals surface area contributed by atoms with Crippen LogP contribution < -0.4 is 10.6 Å². The molecule has 0 aliphatic carbocycles. The SMILES string of the molecule is CCCCN=C1NC(=O)C(CC(=O)Nc2cccc(C(C)=O)c2)S1. The van der Waals surface area contributed by atoms with Crippen molar-refractivity contribution in [1.29, 1.82) is 0 Å². The zero-order valence-electron chi connectivity index (χ0n) is 13.8. The highest BCUT2D eigenvalue weighted by Gasteiger charge is 2.31. The molecule has 1 aromatic rings. The first kappa shape index (κ1) is 18.2. The smallest absolute Gasteiger partial charge is 0.240 e. The van der Waals surface area contributed by atoms with Gasteiger partial charge in [-0.05, 0) is 25.5 Å². The second kappa shape index (κ2) is 8.63. The molecular formula is C17H21N3O3S. The number of aliphatic imine (C=N–C) groups is 1. The molecule has 1 aliphatic heterocycles. The quantitative estimate of drug-likeness (QED) is 0.586. The summed E-state index contributed by atoms with van der Waals surface area (Å²) in [5.41, 5.74) is 1.08. The predicted octanol–water partition coefficient (Wildman–Crippen LogP) is 2.61. The largest absolute Gasteiger partial charge is 0.326 e. The van der Waals surface area contributed by atoms with E-state index in [1.54, 1.807) is 24.3 Å². The van der Waals surface area contributed by atoms with Crippen molar-refractivity contribution in [2.75, 3.05) is 11.9 Å². The summed E-state index contributed by atoms with van der Waals surface area (Å²) in [5.74, 6) is -0.522. The average Bonchev–Trinajstić information content (AvgIpc) is 2.87. The van der Waals surface area contributed by atoms with E-state index in [0.717, 1.165) is 12.8 Å². The number of carbonyl (C=O) groups excluding carboxylic acids is 3. The lowest BCUT2D eigenvalue weighted by Gasteiger charge is -2.08. The Morgan fingerprint density at radius 3 is 2.88 bits per heavy atom. The van der Waals surface area contributed by atoms with E-state index in [4.69, 9.17) is 0 Å². The van der Waals surface area contributed by atoms with Gasteiger partial charge in [-0.1, -0.05) is 37.2 Å². The summed E-state index contributed by atoms with van der Waals surface area (Å²) in [4.78, 5) is 39.7. The number of nitrogens with one attached hydrogen (secondary N) is 2. The van der Waals surface area contributed by atoms with Gasteiger partial charge in [0, 0.05) is 24.2 Å². The Morgan fingerprint density at radius 1 is 1.38 bits per heavy atom. The molecule has 128 valence electrons. The Labute approximate surface area is 145 Å². The molecule has 0 spiro atoms. The van der Waals surface area contributed by atoms with Gasteiger partial charge in [-0.3, -0.25) is 19.4 Å². The summed E-state index contributed by atoms with van der Waals surface area (Å²) >= 11 is 1.29. The molecule has 1 fully saturated rings. The van der Waals surface area contributed by atoms with Crippen LogP contribution >= 0.6 is 11.8 Å². The van der Waals surface area contributed by atoms with E-state index in [-0.39, 0.29) is 24.0 Å². The number of hydrogen-bond acceptors (Lipinski definition) is 5. The number of ketones is 1. The van der Waals surface area contributed by atoms with Crippen molar-refractivity contribution in [3.8, 4) is 0 Å². The van der Waals surface area contributed by atoms with E-state index in [9.17, 15) is 14.4 Å². The molecule has 1 heterocycles. The highest BCUT2D eigenvalue weighted by molar-refractivity contribution is 8.15. The normalized spacial score (nSPS) is 18.5. The summed E-state index contributed by atoms with van der Waals surface area (Å²) in [6, 6.07) is 6.74. The molecule has 6 nitrogen and oxygen atoms in total. The summed E-state index contributed by atoms with van der Waals surface area (Å²) < 4.78 is 0. The number of Topliss-reactive ketones (excluding diaryl/α,β-unsaturated/α-hetero) is 1. The first-order valence-corrected chi connectivity index (χ1v) is 8.80. The predicted molar refractivity (Wildman–Crippen MR) is 96.4 cm³/mol. The molecule has 0 aromatic heterocycles. The van der Waals surface area contributed by atoms with Gasteiger partial charge in [0.1, 0.15) is 5.25 Å². The van der Waals surface area contributed by atoms with Crippen LogP contribution in [0.2, 0.25) is 0 Å². The van der Waals surface area contributed by atoms with E-state index in [2.05, 4.69) is 22.5 Å². The topological polar surface area (TPSA) is 87.6 Å². The molecule has 7 heteroatoms. The summed E-state index contributed by atoms with van der Waals surface area (Å²) in [5, 5.41) is 5.55. The second-order valence-corrected chi connectivity index (χ2v) is 6.72. The van der Waals surface area contributed by atoms with Gasteiger partial charge in [0.15, 0.2) is 11.0 Å². The number of amidine groups is 1. The molecule has 1 aliphatic rings. The average molecular weight is 347 g/mol. The standard InChI is InChI=1S/C17H21N3O3S/c1-3-4-8-18-17-20-16(23)14(24-17)10-15(22)19-13-7-5-6-12(9-13)11(2)21/h5-7,9,14H,3-4,8,10H2,1-2H3,(H,19,22)(H,18,20,23). The Bertz CT molecular complexity index is 673. The minimum atomic E-state index is -0.471. The van der Waals surface area contributed by atoms with Crippen molar-refractivity contribution in [3.05, 3.63) is 29.8 Å². The number of unbranched alkanes of at least 4 members (excludes halogenated alkanes) is 1. The zero-order valence-corrected chi connectivity index (χ0v) is 14.6. The first-order valence-electron chi connectivity index (χ1n) is 7.92. The van der Waals surface area contributed by atoms with Crippen LogP contribution in [-0.4, -0.2) is 34.6 Å². The third-order valence-electron chi connectivity index (χ3n) is 3.47. The van der Waals surface area contributed by atoms with Crippen molar-refractivity contribution in [3.63, 3.8) is 0 Å². The van der Waals surface area contributed by atoms with E-state index in [1.165, 1.54) is 18.7 Å². The van der Waals surface area contributed by atoms with Gasteiger partial charge in [-0.15, -0.1) is 0 Å². The fourth-order valence-corrected chi connectivity index (χ4v) is 3.15. The van der Waals surface area contributed by atoms with E-state index < -0.39 is 5.25 Å². The molecule has 1 atom stereocenters.